The van der Waals surface area contributed by atoms with Crippen molar-refractivity contribution in [2.24, 2.45) is 0 Å². The number of nitrogens with one attached hydrogen (secondary N) is 1. The fraction of sp³-hybridized carbons (Fsp3) is 0.636. The molecule has 1 aromatic rings. The van der Waals surface area contributed by atoms with Crippen LogP contribution in [-0.4, -0.2) is 17.8 Å². The maximum atomic E-state index is 9.07. The van der Waals surface area contributed by atoms with Crippen LogP contribution in [0.1, 0.15) is 38.5 Å². The molecule has 0 aliphatic heterocycles. The maximum absolute atomic E-state index is 9.07. The first-order valence-corrected chi connectivity index (χ1v) is 5.22. The van der Waals surface area contributed by atoms with Crippen molar-refractivity contribution >= 4 is 0 Å². The van der Waals surface area contributed by atoms with Crippen LogP contribution in [0.15, 0.2) is 22.8 Å². The van der Waals surface area contributed by atoms with E-state index in [2.05, 4.69) is 19.2 Å². The highest BCUT2D eigenvalue weighted by Crippen LogP contribution is 2.17. The molecule has 0 bridgehead atoms. The summed E-state index contributed by atoms with van der Waals surface area (Å²) in [5.74, 6) is 0.944. The SMILES string of the molecule is CCC(N[C@H](CC)CO)c1ccco1. The van der Waals surface area contributed by atoms with Crippen LogP contribution < -0.4 is 5.32 Å². The van der Waals surface area contributed by atoms with Crippen molar-refractivity contribution in [1.29, 1.82) is 0 Å². The van der Waals surface area contributed by atoms with Crippen LogP contribution in [0.5, 0.6) is 0 Å². The molecule has 14 heavy (non-hydrogen) atoms. The van der Waals surface area contributed by atoms with Crippen LogP contribution in [0.4, 0.5) is 0 Å². The zero-order chi connectivity index (χ0) is 10.4. The van der Waals surface area contributed by atoms with Gasteiger partial charge in [-0.15, -0.1) is 0 Å². The van der Waals surface area contributed by atoms with Crippen LogP contribution in [-0.2, 0) is 0 Å². The van der Waals surface area contributed by atoms with E-state index in [1.54, 1.807) is 6.26 Å². The molecule has 1 unspecified atom stereocenters. The second kappa shape index (κ2) is 5.83. The van der Waals surface area contributed by atoms with Gasteiger partial charge in [-0.05, 0) is 25.0 Å². The zero-order valence-electron chi connectivity index (χ0n) is 8.86. The van der Waals surface area contributed by atoms with E-state index in [9.17, 15) is 0 Å². The molecule has 0 spiro atoms. The first-order valence-electron chi connectivity index (χ1n) is 5.22. The van der Waals surface area contributed by atoms with Gasteiger partial charge in [-0.25, -0.2) is 0 Å². The Morgan fingerprint density at radius 1 is 1.43 bits per heavy atom. The fourth-order valence-electron chi connectivity index (χ4n) is 1.47. The normalized spacial score (nSPS) is 15.4. The number of furan rings is 1. The monoisotopic (exact) mass is 197 g/mol. The van der Waals surface area contributed by atoms with E-state index in [4.69, 9.17) is 9.52 Å². The van der Waals surface area contributed by atoms with Crippen molar-refractivity contribution in [3.05, 3.63) is 24.2 Å². The minimum absolute atomic E-state index is 0.157. The molecule has 0 radical (unpaired) electrons. The van der Waals surface area contributed by atoms with E-state index in [1.807, 2.05) is 12.1 Å². The Hall–Kier alpha value is -0.800. The third kappa shape index (κ3) is 2.86. The number of hydrogen-bond donors (Lipinski definition) is 2. The van der Waals surface area contributed by atoms with Gasteiger partial charge in [0.25, 0.3) is 0 Å². The minimum atomic E-state index is 0.157. The van der Waals surface area contributed by atoms with Crippen molar-refractivity contribution in [1.82, 2.24) is 5.32 Å². The van der Waals surface area contributed by atoms with Gasteiger partial charge in [0.15, 0.2) is 0 Å². The molecular formula is C11H19NO2. The second-order valence-electron chi connectivity index (χ2n) is 3.43. The number of hydrogen-bond acceptors (Lipinski definition) is 3. The van der Waals surface area contributed by atoms with Crippen molar-refractivity contribution in [2.45, 2.75) is 38.8 Å². The van der Waals surface area contributed by atoms with Gasteiger partial charge in [-0.3, -0.25) is 0 Å². The fourth-order valence-corrected chi connectivity index (χ4v) is 1.47. The van der Waals surface area contributed by atoms with Gasteiger partial charge >= 0.3 is 0 Å². The lowest BCUT2D eigenvalue weighted by atomic mass is 10.1. The summed E-state index contributed by atoms with van der Waals surface area (Å²) >= 11 is 0. The summed E-state index contributed by atoms with van der Waals surface area (Å²) in [4.78, 5) is 0. The number of aliphatic hydroxyl groups excluding tert-OH is 1. The van der Waals surface area contributed by atoms with Crippen LogP contribution >= 0.6 is 0 Å². The molecule has 0 aliphatic carbocycles. The molecule has 2 atom stereocenters. The molecule has 1 rings (SSSR count). The molecule has 3 heteroatoms. The van der Waals surface area contributed by atoms with E-state index in [0.717, 1.165) is 18.6 Å². The second-order valence-corrected chi connectivity index (χ2v) is 3.43. The molecule has 0 aliphatic rings. The predicted octanol–water partition coefficient (Wildman–Crippen LogP) is 2.09. The Morgan fingerprint density at radius 3 is 2.64 bits per heavy atom. The molecule has 0 fully saturated rings. The van der Waals surface area contributed by atoms with E-state index >= 15 is 0 Å². The highest BCUT2D eigenvalue weighted by molar-refractivity contribution is 5.04. The number of aliphatic hydroxyl groups is 1. The lowest BCUT2D eigenvalue weighted by Gasteiger charge is -2.20. The smallest absolute Gasteiger partial charge is 0.120 e. The number of rotatable bonds is 6. The molecule has 1 aromatic heterocycles. The molecule has 0 amide bonds. The molecule has 0 aromatic carbocycles. The van der Waals surface area contributed by atoms with E-state index in [-0.39, 0.29) is 18.7 Å². The average Bonchev–Trinajstić information content (AvgIpc) is 2.73. The van der Waals surface area contributed by atoms with Gasteiger partial charge in [-0.1, -0.05) is 13.8 Å². The first kappa shape index (κ1) is 11.3. The zero-order valence-corrected chi connectivity index (χ0v) is 8.86. The Balaban J connectivity index is 2.55. The van der Waals surface area contributed by atoms with Gasteiger partial charge in [-0.2, -0.15) is 0 Å². The Morgan fingerprint density at radius 2 is 2.21 bits per heavy atom. The molecule has 0 saturated heterocycles. The Labute approximate surface area is 85.1 Å². The third-order valence-corrected chi connectivity index (χ3v) is 2.44. The first-order chi connectivity index (χ1) is 6.81. The van der Waals surface area contributed by atoms with Crippen molar-refractivity contribution in [3.63, 3.8) is 0 Å². The molecule has 3 nitrogen and oxygen atoms in total. The van der Waals surface area contributed by atoms with E-state index < -0.39 is 0 Å². The third-order valence-electron chi connectivity index (χ3n) is 2.44. The average molecular weight is 197 g/mol. The lowest BCUT2D eigenvalue weighted by Crippen LogP contribution is -2.34. The van der Waals surface area contributed by atoms with E-state index in [0.29, 0.717) is 0 Å². The van der Waals surface area contributed by atoms with Gasteiger partial charge in [0, 0.05) is 6.04 Å². The summed E-state index contributed by atoms with van der Waals surface area (Å²) in [5.41, 5.74) is 0. The van der Waals surface area contributed by atoms with Gasteiger partial charge in [0.1, 0.15) is 5.76 Å². The van der Waals surface area contributed by atoms with Crippen LogP contribution in [0.25, 0.3) is 0 Å². The van der Waals surface area contributed by atoms with Gasteiger partial charge in [0.05, 0.1) is 18.9 Å². The minimum Gasteiger partial charge on any atom is -0.468 e. The lowest BCUT2D eigenvalue weighted by molar-refractivity contribution is 0.220. The predicted molar refractivity (Wildman–Crippen MR) is 56.0 cm³/mol. The quantitative estimate of drug-likeness (QED) is 0.734. The summed E-state index contributed by atoms with van der Waals surface area (Å²) in [7, 11) is 0. The summed E-state index contributed by atoms with van der Waals surface area (Å²) in [6.45, 7) is 4.33. The standard InChI is InChI=1S/C11H19NO2/c1-3-9(8-13)12-10(4-2)11-6-5-7-14-11/h5-7,9-10,12-13H,3-4,8H2,1-2H3/t9-,10?/m1/s1. The molecule has 80 valence electrons. The van der Waals surface area contributed by atoms with Crippen LogP contribution in [0.3, 0.4) is 0 Å². The summed E-state index contributed by atoms with van der Waals surface area (Å²) in [6.07, 6.45) is 3.57. The van der Waals surface area contributed by atoms with Crippen molar-refractivity contribution in [2.75, 3.05) is 6.61 Å². The Kier molecular flexibility index (Phi) is 4.70. The maximum Gasteiger partial charge on any atom is 0.120 e. The van der Waals surface area contributed by atoms with Gasteiger partial charge in [0.2, 0.25) is 0 Å². The summed E-state index contributed by atoms with van der Waals surface area (Å²) < 4.78 is 5.33. The molecule has 2 N–H and O–H groups in total. The molecule has 1 heterocycles. The highest BCUT2D eigenvalue weighted by atomic mass is 16.3. The van der Waals surface area contributed by atoms with Gasteiger partial charge < -0.3 is 14.8 Å². The Bertz CT molecular complexity index is 229. The van der Waals surface area contributed by atoms with Crippen molar-refractivity contribution in [3.8, 4) is 0 Å². The summed E-state index contributed by atoms with van der Waals surface area (Å²) in [5, 5.41) is 12.4. The largest absolute Gasteiger partial charge is 0.468 e. The topological polar surface area (TPSA) is 45.4 Å². The molecular weight excluding hydrogens is 178 g/mol. The van der Waals surface area contributed by atoms with Crippen LogP contribution in [0, 0.1) is 0 Å². The highest BCUT2D eigenvalue weighted by Gasteiger charge is 2.15. The van der Waals surface area contributed by atoms with Crippen molar-refractivity contribution < 1.29 is 9.52 Å². The van der Waals surface area contributed by atoms with Crippen LogP contribution in [0.2, 0.25) is 0 Å². The summed E-state index contributed by atoms with van der Waals surface area (Å²) in [6, 6.07) is 4.22. The molecule has 0 saturated carbocycles. The van der Waals surface area contributed by atoms with E-state index in [1.165, 1.54) is 0 Å².